The molecule has 2 aromatic rings. The van der Waals surface area contributed by atoms with Gasteiger partial charge in [-0.15, -0.1) is 0 Å². The van der Waals surface area contributed by atoms with Gasteiger partial charge in [0.1, 0.15) is 6.61 Å². The van der Waals surface area contributed by atoms with Gasteiger partial charge in [0.15, 0.2) is 11.3 Å². The number of fused-ring (bicyclic) bond motifs is 1. The van der Waals surface area contributed by atoms with Crippen LogP contribution in [0, 0.1) is 10.1 Å². The third-order valence-corrected chi connectivity index (χ3v) is 2.48. The summed E-state index contributed by atoms with van der Waals surface area (Å²) in [6, 6.07) is 5.99. The van der Waals surface area contributed by atoms with E-state index in [0.717, 1.165) is 0 Å². The average molecular weight is 262 g/mol. The van der Waals surface area contributed by atoms with Gasteiger partial charge in [-0.25, -0.2) is 4.98 Å². The second-order valence-electron chi connectivity index (χ2n) is 3.84. The zero-order valence-corrected chi connectivity index (χ0v) is 9.99. The first kappa shape index (κ1) is 12.7. The number of phenolic OH excluding ortho intramolecular Hbond substituents is 1. The molecule has 0 spiro atoms. The minimum atomic E-state index is -0.694. The Bertz CT molecular complexity index is 668. The fourth-order valence-corrected chi connectivity index (χ4v) is 1.64. The Morgan fingerprint density at radius 2 is 2.11 bits per heavy atom. The van der Waals surface area contributed by atoms with Crippen molar-refractivity contribution in [2.45, 2.75) is 13.5 Å². The van der Waals surface area contributed by atoms with Crippen LogP contribution in [-0.4, -0.2) is 21.0 Å². The molecule has 1 N–H and O–H groups in total. The van der Waals surface area contributed by atoms with Gasteiger partial charge in [0, 0.05) is 12.3 Å². The zero-order valence-electron chi connectivity index (χ0n) is 9.99. The maximum atomic E-state index is 10.9. The van der Waals surface area contributed by atoms with E-state index in [1.165, 1.54) is 19.1 Å². The number of carbonyl (C=O) groups is 1. The lowest BCUT2D eigenvalue weighted by Crippen LogP contribution is -2.01. The van der Waals surface area contributed by atoms with E-state index in [0.29, 0.717) is 11.1 Å². The summed E-state index contributed by atoms with van der Waals surface area (Å²) in [7, 11) is 0. The highest BCUT2D eigenvalue weighted by Crippen LogP contribution is 2.33. The molecule has 0 amide bonds. The lowest BCUT2D eigenvalue weighted by atomic mass is 10.1. The van der Waals surface area contributed by atoms with E-state index in [2.05, 4.69) is 4.98 Å². The summed E-state index contributed by atoms with van der Waals surface area (Å²) in [5.41, 5.74) is -0.0202. The molecule has 98 valence electrons. The van der Waals surface area contributed by atoms with Crippen molar-refractivity contribution in [3.63, 3.8) is 0 Å². The Kier molecular flexibility index (Phi) is 3.28. The largest absolute Gasteiger partial charge is 0.502 e. The van der Waals surface area contributed by atoms with Crippen LogP contribution in [0.4, 0.5) is 5.69 Å². The summed E-state index contributed by atoms with van der Waals surface area (Å²) < 4.78 is 4.77. The highest BCUT2D eigenvalue weighted by atomic mass is 16.6. The Balaban J connectivity index is 2.53. The molecule has 0 bridgehead atoms. The monoisotopic (exact) mass is 262 g/mol. The number of aromatic nitrogens is 1. The number of benzene rings is 1. The van der Waals surface area contributed by atoms with Crippen molar-refractivity contribution in [1.29, 1.82) is 0 Å². The molecule has 7 heteroatoms. The third kappa shape index (κ3) is 2.59. The van der Waals surface area contributed by atoms with E-state index in [1.54, 1.807) is 12.1 Å². The van der Waals surface area contributed by atoms with E-state index in [9.17, 15) is 20.0 Å². The SMILES string of the molecule is CC(=O)OCc1ccc2ccc(O)c([N+](=O)[O-])c2n1. The van der Waals surface area contributed by atoms with Crippen LogP contribution in [0.25, 0.3) is 10.9 Å². The topological polar surface area (TPSA) is 103 Å². The van der Waals surface area contributed by atoms with Crippen molar-refractivity contribution < 1.29 is 19.6 Å². The fourth-order valence-electron chi connectivity index (χ4n) is 1.64. The molecule has 1 aromatic carbocycles. The number of nitro benzene ring substituents is 1. The smallest absolute Gasteiger partial charge is 0.336 e. The van der Waals surface area contributed by atoms with Crippen LogP contribution in [0.1, 0.15) is 12.6 Å². The first-order chi connectivity index (χ1) is 8.99. The van der Waals surface area contributed by atoms with Gasteiger partial charge in [0.05, 0.1) is 10.6 Å². The van der Waals surface area contributed by atoms with Crippen LogP contribution in [0.2, 0.25) is 0 Å². The van der Waals surface area contributed by atoms with Crippen molar-refractivity contribution in [2.75, 3.05) is 0 Å². The molecular weight excluding hydrogens is 252 g/mol. The van der Waals surface area contributed by atoms with Crippen LogP contribution < -0.4 is 0 Å². The Hall–Kier alpha value is -2.70. The number of nitrogens with zero attached hydrogens (tertiary/aromatic N) is 2. The minimum absolute atomic E-state index is 0.0645. The number of esters is 1. The molecule has 7 nitrogen and oxygen atoms in total. The second kappa shape index (κ2) is 4.89. The normalized spacial score (nSPS) is 10.4. The summed E-state index contributed by atoms with van der Waals surface area (Å²) >= 11 is 0. The highest BCUT2D eigenvalue weighted by molar-refractivity contribution is 5.90. The van der Waals surface area contributed by atoms with E-state index >= 15 is 0 Å². The van der Waals surface area contributed by atoms with Crippen molar-refractivity contribution in [3.8, 4) is 5.75 Å². The molecule has 0 saturated heterocycles. The summed E-state index contributed by atoms with van der Waals surface area (Å²) in [5.74, 6) is -0.915. The maximum absolute atomic E-state index is 10.9. The summed E-state index contributed by atoms with van der Waals surface area (Å²) in [5, 5.41) is 21.0. The Morgan fingerprint density at radius 1 is 1.42 bits per heavy atom. The lowest BCUT2D eigenvalue weighted by molar-refractivity contribution is -0.384. The predicted molar refractivity (Wildman–Crippen MR) is 65.5 cm³/mol. The molecule has 0 fully saturated rings. The molecule has 19 heavy (non-hydrogen) atoms. The molecule has 0 atom stereocenters. The Labute approximate surface area is 107 Å². The molecule has 1 aromatic heterocycles. The van der Waals surface area contributed by atoms with Gasteiger partial charge in [-0.05, 0) is 18.2 Å². The number of nitro groups is 1. The van der Waals surface area contributed by atoms with Crippen LogP contribution in [0.5, 0.6) is 5.75 Å². The minimum Gasteiger partial charge on any atom is -0.502 e. The lowest BCUT2D eigenvalue weighted by Gasteiger charge is -2.05. The van der Waals surface area contributed by atoms with Gasteiger partial charge in [0.2, 0.25) is 0 Å². The zero-order chi connectivity index (χ0) is 14.0. The van der Waals surface area contributed by atoms with E-state index in [4.69, 9.17) is 4.74 Å². The number of hydrogen-bond acceptors (Lipinski definition) is 6. The average Bonchev–Trinajstić information content (AvgIpc) is 2.35. The van der Waals surface area contributed by atoms with E-state index in [-0.39, 0.29) is 12.1 Å². The molecule has 0 saturated carbocycles. The van der Waals surface area contributed by atoms with Crippen LogP contribution in [-0.2, 0) is 16.1 Å². The summed E-state index contributed by atoms with van der Waals surface area (Å²) in [4.78, 5) is 25.0. The standard InChI is InChI=1S/C12H10N2O5/c1-7(15)19-6-9-4-2-8-3-5-10(16)12(14(17)18)11(8)13-9/h2-5,16H,6H2,1H3. The summed E-state index contributed by atoms with van der Waals surface area (Å²) in [6.45, 7) is 1.19. The first-order valence-electron chi connectivity index (χ1n) is 5.38. The van der Waals surface area contributed by atoms with Crippen molar-refractivity contribution in [2.24, 2.45) is 0 Å². The van der Waals surface area contributed by atoms with Gasteiger partial charge in [-0.3, -0.25) is 14.9 Å². The summed E-state index contributed by atoms with van der Waals surface area (Å²) in [6.07, 6.45) is 0. The first-order valence-corrected chi connectivity index (χ1v) is 5.38. The van der Waals surface area contributed by atoms with Gasteiger partial charge in [-0.2, -0.15) is 0 Å². The molecule has 1 heterocycles. The number of pyridine rings is 1. The number of phenols is 1. The molecule has 0 aliphatic carbocycles. The molecule has 0 aliphatic rings. The quantitative estimate of drug-likeness (QED) is 0.515. The van der Waals surface area contributed by atoms with E-state index < -0.39 is 22.3 Å². The molecule has 2 rings (SSSR count). The fraction of sp³-hybridized carbons (Fsp3) is 0.167. The van der Waals surface area contributed by atoms with Crippen LogP contribution in [0.3, 0.4) is 0 Å². The van der Waals surface area contributed by atoms with Gasteiger partial charge >= 0.3 is 11.7 Å². The van der Waals surface area contributed by atoms with Crippen molar-refractivity contribution in [3.05, 3.63) is 40.1 Å². The number of hydrogen-bond donors (Lipinski definition) is 1. The van der Waals surface area contributed by atoms with Gasteiger partial charge < -0.3 is 9.84 Å². The van der Waals surface area contributed by atoms with Crippen LogP contribution in [0.15, 0.2) is 24.3 Å². The molecule has 0 aliphatic heterocycles. The van der Waals surface area contributed by atoms with Crippen LogP contribution >= 0.6 is 0 Å². The molecule has 0 unspecified atom stereocenters. The highest BCUT2D eigenvalue weighted by Gasteiger charge is 2.19. The Morgan fingerprint density at radius 3 is 2.74 bits per heavy atom. The molecular formula is C12H10N2O5. The molecule has 0 radical (unpaired) electrons. The number of carbonyl (C=O) groups excluding carboxylic acids is 1. The van der Waals surface area contributed by atoms with Crippen molar-refractivity contribution in [1.82, 2.24) is 4.98 Å². The number of aromatic hydroxyl groups is 1. The van der Waals surface area contributed by atoms with Gasteiger partial charge in [-0.1, -0.05) is 6.07 Å². The van der Waals surface area contributed by atoms with E-state index in [1.807, 2.05) is 0 Å². The second-order valence-corrected chi connectivity index (χ2v) is 3.84. The maximum Gasteiger partial charge on any atom is 0.336 e. The number of rotatable bonds is 3. The van der Waals surface area contributed by atoms with Crippen molar-refractivity contribution >= 4 is 22.6 Å². The number of ether oxygens (including phenoxy) is 1. The predicted octanol–water partition coefficient (Wildman–Crippen LogP) is 1.91. The third-order valence-electron chi connectivity index (χ3n) is 2.48. The van der Waals surface area contributed by atoms with Gasteiger partial charge in [0.25, 0.3) is 0 Å².